The van der Waals surface area contributed by atoms with Gasteiger partial charge in [0.1, 0.15) is 5.00 Å². The van der Waals surface area contributed by atoms with Crippen LogP contribution >= 0.6 is 11.3 Å². The fourth-order valence-electron chi connectivity index (χ4n) is 1.70. The molecule has 0 bridgehead atoms. The van der Waals surface area contributed by atoms with Crippen molar-refractivity contribution in [3.05, 3.63) is 59.0 Å². The van der Waals surface area contributed by atoms with Gasteiger partial charge in [0.2, 0.25) is 5.91 Å². The van der Waals surface area contributed by atoms with Gasteiger partial charge in [0.25, 0.3) is 5.91 Å². The first-order chi connectivity index (χ1) is 11.1. The second kappa shape index (κ2) is 8.05. The van der Waals surface area contributed by atoms with Gasteiger partial charge in [-0.05, 0) is 36.9 Å². The van der Waals surface area contributed by atoms with Gasteiger partial charge < -0.3 is 5.32 Å². The minimum atomic E-state index is -0.352. The van der Waals surface area contributed by atoms with Crippen LogP contribution in [0, 0.1) is 0 Å². The van der Waals surface area contributed by atoms with Crippen molar-refractivity contribution in [2.24, 2.45) is 5.10 Å². The third kappa shape index (κ3) is 5.19. The van der Waals surface area contributed by atoms with E-state index in [0.717, 1.165) is 11.3 Å². The molecule has 6 heteroatoms. The molecule has 118 valence electrons. The highest BCUT2D eigenvalue weighted by Crippen LogP contribution is 2.23. The number of benzene rings is 1. The van der Waals surface area contributed by atoms with E-state index in [1.165, 1.54) is 17.4 Å². The molecule has 2 N–H and O–H groups in total. The number of thiophene rings is 1. The highest BCUT2D eigenvalue weighted by molar-refractivity contribution is 7.14. The van der Waals surface area contributed by atoms with Crippen LogP contribution in [0.2, 0.25) is 0 Å². The molecule has 0 saturated heterocycles. The van der Waals surface area contributed by atoms with Crippen molar-refractivity contribution < 1.29 is 9.59 Å². The normalized spacial score (nSPS) is 10.3. The predicted octanol–water partition coefficient (Wildman–Crippen LogP) is 3.53. The van der Waals surface area contributed by atoms with Crippen molar-refractivity contribution in [1.82, 2.24) is 5.43 Å². The summed E-state index contributed by atoms with van der Waals surface area (Å²) >= 11 is 1.29. The number of rotatable bonds is 5. The first-order valence-corrected chi connectivity index (χ1v) is 7.87. The summed E-state index contributed by atoms with van der Waals surface area (Å²) in [6, 6.07) is 11.2. The van der Waals surface area contributed by atoms with Crippen molar-refractivity contribution in [3.8, 4) is 0 Å². The quantitative estimate of drug-likeness (QED) is 0.501. The van der Waals surface area contributed by atoms with E-state index in [4.69, 9.17) is 0 Å². The van der Waals surface area contributed by atoms with Crippen LogP contribution in [0.3, 0.4) is 0 Å². The van der Waals surface area contributed by atoms with E-state index in [-0.39, 0.29) is 11.8 Å². The third-order valence-electron chi connectivity index (χ3n) is 2.75. The largest absolute Gasteiger partial charge is 0.313 e. The molecule has 0 atom stereocenters. The number of hydrogen-bond acceptors (Lipinski definition) is 4. The number of carbonyl (C=O) groups is 2. The molecule has 0 fully saturated rings. The summed E-state index contributed by atoms with van der Waals surface area (Å²) in [4.78, 5) is 24.0. The molecule has 2 amide bonds. The van der Waals surface area contributed by atoms with Crippen LogP contribution in [0.25, 0.3) is 6.08 Å². The fraction of sp³-hybridized carbons (Fsp3) is 0.118. The molecule has 0 spiro atoms. The molecule has 0 radical (unpaired) electrons. The van der Waals surface area contributed by atoms with Gasteiger partial charge in [0.15, 0.2) is 0 Å². The third-order valence-corrected chi connectivity index (χ3v) is 3.58. The SMILES string of the molecule is CC(C)=NNC(=O)c1ccsc1NC(=O)/C=C/c1ccccc1. The van der Waals surface area contributed by atoms with Gasteiger partial charge in [0, 0.05) is 11.8 Å². The molecule has 2 rings (SSSR count). The Labute approximate surface area is 138 Å². The van der Waals surface area contributed by atoms with E-state index >= 15 is 0 Å². The fourth-order valence-corrected chi connectivity index (χ4v) is 2.48. The standard InChI is InChI=1S/C17H17N3O2S/c1-12(2)19-20-16(22)14-10-11-23-17(14)18-15(21)9-8-13-6-4-3-5-7-13/h3-11H,1-2H3,(H,18,21)(H,20,22)/b9-8+. The average Bonchev–Trinajstić information content (AvgIpc) is 2.99. The molecule has 1 aromatic carbocycles. The lowest BCUT2D eigenvalue weighted by Gasteiger charge is -2.03. The Bertz CT molecular complexity index is 744. The molecule has 2 aromatic rings. The maximum Gasteiger partial charge on any atom is 0.274 e. The van der Waals surface area contributed by atoms with Crippen LogP contribution in [-0.4, -0.2) is 17.5 Å². The second-order valence-electron chi connectivity index (χ2n) is 4.90. The maximum absolute atomic E-state index is 12.0. The monoisotopic (exact) mass is 327 g/mol. The smallest absolute Gasteiger partial charge is 0.274 e. The van der Waals surface area contributed by atoms with E-state index in [1.54, 1.807) is 31.4 Å². The summed E-state index contributed by atoms with van der Waals surface area (Å²) in [5, 5.41) is 8.82. The van der Waals surface area contributed by atoms with Gasteiger partial charge in [-0.25, -0.2) is 5.43 Å². The van der Waals surface area contributed by atoms with Gasteiger partial charge in [-0.3, -0.25) is 9.59 Å². The number of hydrogen-bond donors (Lipinski definition) is 2. The summed E-state index contributed by atoms with van der Waals surface area (Å²) < 4.78 is 0. The molecular formula is C17H17N3O2S. The van der Waals surface area contributed by atoms with Gasteiger partial charge >= 0.3 is 0 Å². The van der Waals surface area contributed by atoms with E-state index < -0.39 is 0 Å². The topological polar surface area (TPSA) is 70.6 Å². The van der Waals surface area contributed by atoms with Crippen LogP contribution in [0.4, 0.5) is 5.00 Å². The number of nitrogens with zero attached hydrogens (tertiary/aromatic N) is 1. The van der Waals surface area contributed by atoms with Gasteiger partial charge in [0.05, 0.1) is 5.56 Å². The first kappa shape index (κ1) is 16.6. The molecule has 1 aromatic heterocycles. The predicted molar refractivity (Wildman–Crippen MR) is 94.7 cm³/mol. The highest BCUT2D eigenvalue weighted by atomic mass is 32.1. The maximum atomic E-state index is 12.0. The number of amides is 2. The van der Waals surface area contributed by atoms with E-state index in [2.05, 4.69) is 15.8 Å². The Kier molecular flexibility index (Phi) is 5.82. The zero-order chi connectivity index (χ0) is 16.7. The van der Waals surface area contributed by atoms with Crippen LogP contribution in [0.1, 0.15) is 29.8 Å². The molecular weight excluding hydrogens is 310 g/mol. The molecule has 0 aliphatic rings. The molecule has 0 aliphatic heterocycles. The number of anilines is 1. The lowest BCUT2D eigenvalue weighted by atomic mass is 10.2. The molecule has 5 nitrogen and oxygen atoms in total. The highest BCUT2D eigenvalue weighted by Gasteiger charge is 2.13. The van der Waals surface area contributed by atoms with Crippen molar-refractivity contribution in [2.45, 2.75) is 13.8 Å². The minimum Gasteiger partial charge on any atom is -0.313 e. The van der Waals surface area contributed by atoms with Crippen molar-refractivity contribution in [2.75, 3.05) is 5.32 Å². The van der Waals surface area contributed by atoms with Crippen molar-refractivity contribution >= 4 is 39.9 Å². The second-order valence-corrected chi connectivity index (χ2v) is 5.81. The number of nitrogens with one attached hydrogen (secondary N) is 2. The van der Waals surface area contributed by atoms with Gasteiger partial charge in [-0.15, -0.1) is 11.3 Å². The lowest BCUT2D eigenvalue weighted by molar-refractivity contribution is -0.111. The number of hydrazone groups is 1. The summed E-state index contributed by atoms with van der Waals surface area (Å²) in [6.45, 7) is 3.57. The van der Waals surface area contributed by atoms with E-state index in [9.17, 15) is 9.59 Å². The van der Waals surface area contributed by atoms with Crippen LogP contribution < -0.4 is 10.7 Å². The number of carbonyl (C=O) groups excluding carboxylic acids is 2. The molecule has 0 unspecified atom stereocenters. The van der Waals surface area contributed by atoms with Crippen molar-refractivity contribution in [1.29, 1.82) is 0 Å². The summed E-state index contributed by atoms with van der Waals surface area (Å²) in [5.41, 5.74) is 4.50. The summed E-state index contributed by atoms with van der Waals surface area (Å²) in [6.07, 6.45) is 3.15. The van der Waals surface area contributed by atoms with Crippen LogP contribution in [0.15, 0.2) is 53.0 Å². The van der Waals surface area contributed by atoms with E-state index in [1.807, 2.05) is 30.3 Å². The molecule has 0 aliphatic carbocycles. The molecule has 23 heavy (non-hydrogen) atoms. The minimum absolute atomic E-state index is 0.291. The van der Waals surface area contributed by atoms with Gasteiger partial charge in [-0.2, -0.15) is 5.10 Å². The molecule has 0 saturated carbocycles. The average molecular weight is 327 g/mol. The Morgan fingerprint density at radius 3 is 2.57 bits per heavy atom. The Morgan fingerprint density at radius 2 is 1.87 bits per heavy atom. The summed E-state index contributed by atoms with van der Waals surface area (Å²) in [7, 11) is 0. The Morgan fingerprint density at radius 1 is 1.13 bits per heavy atom. The Balaban J connectivity index is 2.02. The van der Waals surface area contributed by atoms with Crippen LogP contribution in [-0.2, 0) is 4.79 Å². The Hall–Kier alpha value is -2.73. The zero-order valence-corrected chi connectivity index (χ0v) is 13.7. The molecule has 1 heterocycles. The van der Waals surface area contributed by atoms with E-state index in [0.29, 0.717) is 10.6 Å². The zero-order valence-electron chi connectivity index (χ0n) is 12.9. The van der Waals surface area contributed by atoms with Crippen LogP contribution in [0.5, 0.6) is 0 Å². The first-order valence-electron chi connectivity index (χ1n) is 6.99. The lowest BCUT2D eigenvalue weighted by Crippen LogP contribution is -2.20. The van der Waals surface area contributed by atoms with Crippen molar-refractivity contribution in [3.63, 3.8) is 0 Å². The van der Waals surface area contributed by atoms with Gasteiger partial charge in [-0.1, -0.05) is 30.3 Å². The summed E-state index contributed by atoms with van der Waals surface area (Å²) in [5.74, 6) is -0.643.